The number of ether oxygens (including phenoxy) is 2. The number of benzene rings is 1. The highest BCUT2D eigenvalue weighted by molar-refractivity contribution is 6.27. The van der Waals surface area contributed by atoms with Gasteiger partial charge in [0, 0.05) is 19.6 Å². The maximum atomic E-state index is 9.10. The van der Waals surface area contributed by atoms with Gasteiger partial charge in [-0.05, 0) is 29.5 Å². The fourth-order valence-electron chi connectivity index (χ4n) is 2.39. The molecule has 0 bridgehead atoms. The van der Waals surface area contributed by atoms with Gasteiger partial charge in [-0.1, -0.05) is 32.9 Å². The molecule has 7 nitrogen and oxygen atoms in total. The summed E-state index contributed by atoms with van der Waals surface area (Å²) in [6.45, 7) is 14.3. The number of morpholine rings is 1. The molecule has 1 aromatic rings. The molecule has 2 N–H and O–H groups in total. The summed E-state index contributed by atoms with van der Waals surface area (Å²) >= 11 is 0. The Hall–Kier alpha value is -2.12. The van der Waals surface area contributed by atoms with Gasteiger partial charge in [-0.2, -0.15) is 0 Å². The molecule has 1 heterocycles. The molecule has 0 atom stereocenters. The van der Waals surface area contributed by atoms with Crippen LogP contribution >= 0.6 is 0 Å². The zero-order chi connectivity index (χ0) is 19.7. The Morgan fingerprint density at radius 3 is 2.19 bits per heavy atom. The zero-order valence-corrected chi connectivity index (χ0v) is 15.9. The molecule has 1 aromatic carbocycles. The van der Waals surface area contributed by atoms with Gasteiger partial charge in [0.05, 0.1) is 13.2 Å². The average Bonchev–Trinajstić information content (AvgIpc) is 2.57. The summed E-state index contributed by atoms with van der Waals surface area (Å²) in [5, 5.41) is 14.8. The van der Waals surface area contributed by atoms with E-state index < -0.39 is 11.9 Å². The van der Waals surface area contributed by atoms with E-state index in [1.165, 1.54) is 11.1 Å². The number of aliphatic carboxylic acids is 2. The fraction of sp³-hybridized carbons (Fsp3) is 0.579. The number of aryl methyl sites for hydroxylation is 1. The van der Waals surface area contributed by atoms with E-state index in [1.807, 2.05) is 0 Å². The Bertz CT molecular complexity index is 591. The van der Waals surface area contributed by atoms with Crippen LogP contribution in [0.4, 0.5) is 0 Å². The maximum absolute atomic E-state index is 9.10. The van der Waals surface area contributed by atoms with Crippen molar-refractivity contribution < 1.29 is 29.3 Å². The van der Waals surface area contributed by atoms with Crippen molar-refractivity contribution in [3.05, 3.63) is 29.3 Å². The molecule has 26 heavy (non-hydrogen) atoms. The molecule has 1 aliphatic heterocycles. The van der Waals surface area contributed by atoms with E-state index in [1.54, 1.807) is 0 Å². The van der Waals surface area contributed by atoms with Gasteiger partial charge in [0.15, 0.2) is 0 Å². The van der Waals surface area contributed by atoms with Gasteiger partial charge in [-0.3, -0.25) is 4.90 Å². The first-order valence-electron chi connectivity index (χ1n) is 8.61. The van der Waals surface area contributed by atoms with Crippen LogP contribution in [0.2, 0.25) is 0 Å². The number of rotatable bonds is 4. The van der Waals surface area contributed by atoms with Gasteiger partial charge in [-0.15, -0.1) is 0 Å². The van der Waals surface area contributed by atoms with Crippen LogP contribution in [0.15, 0.2) is 18.2 Å². The van der Waals surface area contributed by atoms with Crippen LogP contribution in [0.1, 0.15) is 31.9 Å². The van der Waals surface area contributed by atoms with Crippen molar-refractivity contribution in [2.75, 3.05) is 39.5 Å². The molecule has 0 radical (unpaired) electrons. The minimum atomic E-state index is -1.82. The van der Waals surface area contributed by atoms with Gasteiger partial charge in [-0.25, -0.2) is 9.59 Å². The van der Waals surface area contributed by atoms with E-state index in [9.17, 15) is 0 Å². The maximum Gasteiger partial charge on any atom is 0.414 e. The predicted octanol–water partition coefficient (Wildman–Crippen LogP) is 2.16. The standard InChI is InChI=1S/C17H27NO2.C2H2O4/c1-14-13-15(17(2,3)4)5-6-16(14)20-12-9-18-7-10-19-11-8-18;3-1(4)2(5)6/h5-6,13H,7-12H2,1-4H3;(H,3,4)(H,5,6). The Balaban J connectivity index is 0.000000487. The van der Waals surface area contributed by atoms with Gasteiger partial charge in [0.25, 0.3) is 0 Å². The number of carbonyl (C=O) groups is 2. The van der Waals surface area contributed by atoms with Crippen molar-refractivity contribution >= 4 is 11.9 Å². The normalized spacial score (nSPS) is 14.9. The lowest BCUT2D eigenvalue weighted by Gasteiger charge is -2.26. The minimum Gasteiger partial charge on any atom is -0.492 e. The van der Waals surface area contributed by atoms with Crippen molar-refractivity contribution in [3.8, 4) is 5.75 Å². The van der Waals surface area contributed by atoms with Crippen LogP contribution in [-0.4, -0.2) is 66.5 Å². The minimum absolute atomic E-state index is 0.192. The number of hydrogen-bond acceptors (Lipinski definition) is 5. The predicted molar refractivity (Wildman–Crippen MR) is 97.9 cm³/mol. The highest BCUT2D eigenvalue weighted by Gasteiger charge is 2.15. The number of carboxylic acids is 2. The smallest absolute Gasteiger partial charge is 0.414 e. The molecular weight excluding hydrogens is 338 g/mol. The fourth-order valence-corrected chi connectivity index (χ4v) is 2.39. The molecule has 7 heteroatoms. The van der Waals surface area contributed by atoms with Crippen molar-refractivity contribution in [1.82, 2.24) is 4.90 Å². The number of nitrogens with zero attached hydrogens (tertiary/aromatic N) is 1. The summed E-state index contributed by atoms with van der Waals surface area (Å²) in [6.07, 6.45) is 0. The van der Waals surface area contributed by atoms with Crippen molar-refractivity contribution in [2.24, 2.45) is 0 Å². The average molecular weight is 367 g/mol. The van der Waals surface area contributed by atoms with Gasteiger partial charge < -0.3 is 19.7 Å². The lowest BCUT2D eigenvalue weighted by Crippen LogP contribution is -2.38. The topological polar surface area (TPSA) is 96.3 Å². The molecule has 0 amide bonds. The summed E-state index contributed by atoms with van der Waals surface area (Å²) in [4.78, 5) is 20.6. The molecule has 1 saturated heterocycles. The Labute approximate surface area is 154 Å². The van der Waals surface area contributed by atoms with Crippen LogP contribution in [-0.2, 0) is 19.7 Å². The summed E-state index contributed by atoms with van der Waals surface area (Å²) in [5.74, 6) is -2.64. The first-order chi connectivity index (χ1) is 12.1. The van der Waals surface area contributed by atoms with E-state index in [-0.39, 0.29) is 5.41 Å². The monoisotopic (exact) mass is 367 g/mol. The third-order valence-electron chi connectivity index (χ3n) is 3.99. The largest absolute Gasteiger partial charge is 0.492 e. The van der Waals surface area contributed by atoms with Crippen molar-refractivity contribution in [1.29, 1.82) is 0 Å². The van der Waals surface area contributed by atoms with E-state index in [4.69, 9.17) is 29.3 Å². The van der Waals surface area contributed by atoms with Gasteiger partial charge in [0.2, 0.25) is 0 Å². The molecule has 0 spiro atoms. The highest BCUT2D eigenvalue weighted by atomic mass is 16.5. The van der Waals surface area contributed by atoms with E-state index >= 15 is 0 Å². The van der Waals surface area contributed by atoms with Crippen molar-refractivity contribution in [3.63, 3.8) is 0 Å². The van der Waals surface area contributed by atoms with Crippen LogP contribution in [0.25, 0.3) is 0 Å². The Morgan fingerprint density at radius 2 is 1.73 bits per heavy atom. The third-order valence-corrected chi connectivity index (χ3v) is 3.99. The van der Waals surface area contributed by atoms with E-state index in [2.05, 4.69) is 50.8 Å². The van der Waals surface area contributed by atoms with Crippen molar-refractivity contribution in [2.45, 2.75) is 33.1 Å². The van der Waals surface area contributed by atoms with Gasteiger partial charge >= 0.3 is 11.9 Å². The van der Waals surface area contributed by atoms with Gasteiger partial charge in [0.1, 0.15) is 12.4 Å². The highest BCUT2D eigenvalue weighted by Crippen LogP contribution is 2.27. The second-order valence-corrected chi connectivity index (χ2v) is 7.14. The summed E-state index contributed by atoms with van der Waals surface area (Å²) < 4.78 is 11.3. The molecule has 1 aliphatic rings. The molecule has 0 aliphatic carbocycles. The molecule has 0 unspecified atom stereocenters. The quantitative estimate of drug-likeness (QED) is 0.787. The first-order valence-corrected chi connectivity index (χ1v) is 8.61. The second kappa shape index (κ2) is 10.1. The first kappa shape index (κ1) is 21.9. The number of carboxylic acid groups (broad SMARTS) is 2. The molecule has 146 valence electrons. The Kier molecular flexibility index (Phi) is 8.54. The van der Waals surface area contributed by atoms with Crippen LogP contribution < -0.4 is 4.74 Å². The molecular formula is C19H29NO6. The number of hydrogen-bond donors (Lipinski definition) is 2. The summed E-state index contributed by atoms with van der Waals surface area (Å²) in [7, 11) is 0. The molecule has 0 saturated carbocycles. The van der Waals surface area contributed by atoms with E-state index in [0.717, 1.165) is 45.2 Å². The lowest BCUT2D eigenvalue weighted by atomic mass is 9.86. The molecule has 0 aromatic heterocycles. The summed E-state index contributed by atoms with van der Waals surface area (Å²) in [6, 6.07) is 6.52. The summed E-state index contributed by atoms with van der Waals surface area (Å²) in [5.41, 5.74) is 2.77. The molecule has 2 rings (SSSR count). The Morgan fingerprint density at radius 1 is 1.15 bits per heavy atom. The SMILES string of the molecule is Cc1cc(C(C)(C)C)ccc1OCCN1CCOCC1.O=C(O)C(=O)O. The lowest BCUT2D eigenvalue weighted by molar-refractivity contribution is -0.159. The second-order valence-electron chi connectivity index (χ2n) is 7.14. The van der Waals surface area contributed by atoms with Crippen LogP contribution in [0, 0.1) is 6.92 Å². The zero-order valence-electron chi connectivity index (χ0n) is 15.9. The van der Waals surface area contributed by atoms with Crippen LogP contribution in [0.3, 0.4) is 0 Å². The third kappa shape index (κ3) is 7.84. The van der Waals surface area contributed by atoms with E-state index in [0.29, 0.717) is 0 Å². The van der Waals surface area contributed by atoms with Crippen LogP contribution in [0.5, 0.6) is 5.75 Å². The molecule has 1 fully saturated rings.